The van der Waals surface area contributed by atoms with E-state index in [0.717, 1.165) is 24.1 Å². The van der Waals surface area contributed by atoms with E-state index in [9.17, 15) is 14.9 Å². The van der Waals surface area contributed by atoms with Crippen molar-refractivity contribution in [3.05, 3.63) is 56.7 Å². The average molecular weight is 418 g/mol. The molecule has 0 spiro atoms. The standard InChI is InChI=1S/C20H24ClN5O3/c1-12-8-13(2)19(17(21)9-12)24-20(27)14(3)25-7-6-15(11-25)23-18-5-4-16(10-22-18)26(28)29/h4-5,8-10,14-15H,6-7,11H2,1-3H3,(H,22,23)(H,24,27). The van der Waals surface area contributed by atoms with Crippen LogP contribution in [0.3, 0.4) is 0 Å². The lowest BCUT2D eigenvalue weighted by Gasteiger charge is -2.24. The molecule has 29 heavy (non-hydrogen) atoms. The molecule has 2 heterocycles. The number of hydrogen-bond donors (Lipinski definition) is 2. The maximum Gasteiger partial charge on any atom is 0.287 e. The molecule has 1 saturated heterocycles. The highest BCUT2D eigenvalue weighted by Crippen LogP contribution is 2.28. The molecule has 154 valence electrons. The van der Waals surface area contributed by atoms with Crippen LogP contribution >= 0.6 is 11.6 Å². The van der Waals surface area contributed by atoms with Gasteiger partial charge >= 0.3 is 0 Å². The summed E-state index contributed by atoms with van der Waals surface area (Å²) in [4.78, 5) is 29.2. The molecule has 0 bridgehead atoms. The molecular weight excluding hydrogens is 394 g/mol. The Balaban J connectivity index is 1.58. The molecule has 1 aliphatic rings. The monoisotopic (exact) mass is 417 g/mol. The number of likely N-dealkylation sites (tertiary alicyclic amines) is 1. The van der Waals surface area contributed by atoms with Crippen LogP contribution in [-0.4, -0.2) is 45.9 Å². The lowest BCUT2D eigenvalue weighted by molar-refractivity contribution is -0.385. The summed E-state index contributed by atoms with van der Waals surface area (Å²) in [6.45, 7) is 7.20. The molecule has 0 saturated carbocycles. The first kappa shape index (κ1) is 21.0. The highest BCUT2D eigenvalue weighted by atomic mass is 35.5. The molecule has 2 atom stereocenters. The van der Waals surface area contributed by atoms with Gasteiger partial charge in [-0.2, -0.15) is 0 Å². The minimum atomic E-state index is -0.476. The summed E-state index contributed by atoms with van der Waals surface area (Å²) in [6, 6.07) is 6.64. The molecule has 2 unspecified atom stereocenters. The molecule has 0 aliphatic carbocycles. The third-order valence-electron chi connectivity index (χ3n) is 5.14. The summed E-state index contributed by atoms with van der Waals surface area (Å²) in [6.07, 6.45) is 2.08. The van der Waals surface area contributed by atoms with E-state index in [4.69, 9.17) is 11.6 Å². The smallest absolute Gasteiger partial charge is 0.287 e. The van der Waals surface area contributed by atoms with Crippen molar-refractivity contribution in [2.24, 2.45) is 0 Å². The zero-order chi connectivity index (χ0) is 21.1. The number of pyridine rings is 1. The molecule has 8 nitrogen and oxygen atoms in total. The van der Waals surface area contributed by atoms with Crippen molar-refractivity contribution >= 4 is 34.7 Å². The molecule has 1 aliphatic heterocycles. The normalized spacial score (nSPS) is 17.7. The van der Waals surface area contributed by atoms with Gasteiger partial charge in [0.15, 0.2) is 0 Å². The lowest BCUT2D eigenvalue weighted by Crippen LogP contribution is -2.41. The third kappa shape index (κ3) is 5.02. The molecule has 3 rings (SSSR count). The Hall–Kier alpha value is -2.71. The molecule has 2 aromatic rings. The van der Waals surface area contributed by atoms with Gasteiger partial charge in [-0.3, -0.25) is 19.8 Å². The van der Waals surface area contributed by atoms with Gasteiger partial charge in [-0.25, -0.2) is 4.98 Å². The number of benzene rings is 1. The minimum Gasteiger partial charge on any atom is -0.366 e. The summed E-state index contributed by atoms with van der Waals surface area (Å²) in [5.74, 6) is 0.481. The van der Waals surface area contributed by atoms with E-state index >= 15 is 0 Å². The van der Waals surface area contributed by atoms with Gasteiger partial charge in [0.25, 0.3) is 5.69 Å². The summed E-state index contributed by atoms with van der Waals surface area (Å²) in [5.41, 5.74) is 2.59. The number of carbonyl (C=O) groups excluding carboxylic acids is 1. The number of nitro groups is 1. The quantitative estimate of drug-likeness (QED) is 0.548. The Morgan fingerprint density at radius 1 is 1.38 bits per heavy atom. The first-order valence-corrected chi connectivity index (χ1v) is 9.81. The Kier molecular flexibility index (Phi) is 6.34. The summed E-state index contributed by atoms with van der Waals surface area (Å²) in [7, 11) is 0. The number of nitrogens with zero attached hydrogens (tertiary/aromatic N) is 3. The van der Waals surface area contributed by atoms with Gasteiger partial charge in [-0.15, -0.1) is 0 Å². The second kappa shape index (κ2) is 8.75. The molecular formula is C20H24ClN5O3. The van der Waals surface area contributed by atoms with Crippen LogP contribution in [0, 0.1) is 24.0 Å². The maximum atomic E-state index is 12.7. The van der Waals surface area contributed by atoms with E-state index in [-0.39, 0.29) is 23.7 Å². The molecule has 9 heteroatoms. The van der Waals surface area contributed by atoms with Gasteiger partial charge in [-0.05, 0) is 50.5 Å². The van der Waals surface area contributed by atoms with Crippen molar-refractivity contribution < 1.29 is 9.72 Å². The van der Waals surface area contributed by atoms with Gasteiger partial charge in [0.2, 0.25) is 5.91 Å². The SMILES string of the molecule is Cc1cc(C)c(NC(=O)C(C)N2CCC(Nc3ccc([N+](=O)[O-])cn3)C2)c(Cl)c1. The Morgan fingerprint density at radius 3 is 2.76 bits per heavy atom. The van der Waals surface area contributed by atoms with Crippen LogP contribution in [0.1, 0.15) is 24.5 Å². The van der Waals surface area contributed by atoms with E-state index in [1.165, 1.54) is 12.3 Å². The molecule has 2 N–H and O–H groups in total. The Bertz CT molecular complexity index is 896. The van der Waals surface area contributed by atoms with Crippen LogP contribution < -0.4 is 10.6 Å². The van der Waals surface area contributed by atoms with Gasteiger partial charge in [0.05, 0.1) is 21.7 Å². The predicted octanol–water partition coefficient (Wildman–Crippen LogP) is 3.77. The number of nitrogens with one attached hydrogen (secondary N) is 2. The number of rotatable bonds is 6. The van der Waals surface area contributed by atoms with Crippen molar-refractivity contribution in [1.82, 2.24) is 9.88 Å². The number of halogens is 1. The average Bonchev–Trinajstić information content (AvgIpc) is 3.12. The molecule has 1 aromatic heterocycles. The van der Waals surface area contributed by atoms with E-state index in [2.05, 4.69) is 20.5 Å². The molecule has 0 radical (unpaired) electrons. The van der Waals surface area contributed by atoms with Gasteiger partial charge in [0.1, 0.15) is 12.0 Å². The number of carbonyl (C=O) groups is 1. The van der Waals surface area contributed by atoms with Crippen molar-refractivity contribution in [1.29, 1.82) is 0 Å². The van der Waals surface area contributed by atoms with Crippen LogP contribution in [0.15, 0.2) is 30.5 Å². The summed E-state index contributed by atoms with van der Waals surface area (Å²) in [5, 5.41) is 17.5. The third-order valence-corrected chi connectivity index (χ3v) is 5.44. The van der Waals surface area contributed by atoms with Crippen LogP contribution in [0.4, 0.5) is 17.2 Å². The maximum absolute atomic E-state index is 12.7. The van der Waals surface area contributed by atoms with Crippen LogP contribution in [0.25, 0.3) is 0 Å². The van der Waals surface area contributed by atoms with Gasteiger partial charge < -0.3 is 10.6 Å². The summed E-state index contributed by atoms with van der Waals surface area (Å²) < 4.78 is 0. The first-order valence-electron chi connectivity index (χ1n) is 9.43. The zero-order valence-corrected chi connectivity index (χ0v) is 17.4. The number of hydrogen-bond acceptors (Lipinski definition) is 6. The van der Waals surface area contributed by atoms with Gasteiger partial charge in [-0.1, -0.05) is 17.7 Å². The topological polar surface area (TPSA) is 100 Å². The van der Waals surface area contributed by atoms with E-state index in [0.29, 0.717) is 23.1 Å². The van der Waals surface area contributed by atoms with Crippen LogP contribution in [0.5, 0.6) is 0 Å². The van der Waals surface area contributed by atoms with E-state index in [1.54, 1.807) is 6.07 Å². The number of aryl methyl sites for hydroxylation is 2. The van der Waals surface area contributed by atoms with Crippen molar-refractivity contribution in [3.8, 4) is 0 Å². The highest BCUT2D eigenvalue weighted by Gasteiger charge is 2.30. The van der Waals surface area contributed by atoms with Crippen molar-refractivity contribution in [3.63, 3.8) is 0 Å². The fraction of sp³-hybridized carbons (Fsp3) is 0.400. The number of amides is 1. The largest absolute Gasteiger partial charge is 0.366 e. The van der Waals surface area contributed by atoms with Crippen molar-refractivity contribution in [2.45, 2.75) is 39.3 Å². The Morgan fingerprint density at radius 2 is 2.14 bits per heavy atom. The van der Waals surface area contributed by atoms with Crippen LogP contribution in [0.2, 0.25) is 5.02 Å². The number of anilines is 2. The fourth-order valence-corrected chi connectivity index (χ4v) is 3.88. The Labute approximate surface area is 174 Å². The summed E-state index contributed by atoms with van der Waals surface area (Å²) >= 11 is 6.30. The van der Waals surface area contributed by atoms with E-state index in [1.807, 2.05) is 32.9 Å². The highest BCUT2D eigenvalue weighted by molar-refractivity contribution is 6.34. The number of aromatic nitrogens is 1. The van der Waals surface area contributed by atoms with Gasteiger partial charge in [0, 0.05) is 25.2 Å². The second-order valence-corrected chi connectivity index (χ2v) is 7.79. The molecule has 1 amide bonds. The molecule has 1 fully saturated rings. The van der Waals surface area contributed by atoms with Crippen molar-refractivity contribution in [2.75, 3.05) is 23.7 Å². The van der Waals surface area contributed by atoms with E-state index < -0.39 is 4.92 Å². The zero-order valence-electron chi connectivity index (χ0n) is 16.6. The van der Waals surface area contributed by atoms with Crippen LogP contribution in [-0.2, 0) is 4.79 Å². The predicted molar refractivity (Wildman–Crippen MR) is 114 cm³/mol. The second-order valence-electron chi connectivity index (χ2n) is 7.39. The first-order chi connectivity index (χ1) is 13.7. The fourth-order valence-electron chi connectivity index (χ4n) is 3.51. The lowest BCUT2D eigenvalue weighted by atomic mass is 10.1. The molecule has 1 aromatic carbocycles. The minimum absolute atomic E-state index is 0.0426.